The number of H-pyrrole nitrogens is 1. The van der Waals surface area contributed by atoms with E-state index >= 15 is 0 Å². The summed E-state index contributed by atoms with van der Waals surface area (Å²) < 4.78 is 0. The van der Waals surface area contributed by atoms with Crippen molar-refractivity contribution in [3.05, 3.63) is 35.0 Å². The van der Waals surface area contributed by atoms with Crippen molar-refractivity contribution in [1.29, 1.82) is 0 Å². The first-order valence-electron chi connectivity index (χ1n) is 6.72. The number of rotatable bonds is 3. The number of aromatic amines is 1. The summed E-state index contributed by atoms with van der Waals surface area (Å²) in [5, 5.41) is 10.4. The van der Waals surface area contributed by atoms with Crippen molar-refractivity contribution in [2.24, 2.45) is 0 Å². The number of hydrogen-bond donors (Lipinski definition) is 2. The van der Waals surface area contributed by atoms with Crippen molar-refractivity contribution in [3.63, 3.8) is 0 Å². The van der Waals surface area contributed by atoms with Crippen LogP contribution < -0.4 is 0 Å². The Morgan fingerprint density at radius 1 is 1.32 bits per heavy atom. The number of benzene rings is 1. The smallest absolute Gasteiger partial charge is 0.337 e. The number of carbonyl (C=O) groups is 1. The summed E-state index contributed by atoms with van der Waals surface area (Å²) in [6, 6.07) is 3.92. The minimum absolute atomic E-state index is 0.0564. The third-order valence-corrected chi connectivity index (χ3v) is 3.49. The Kier molecular flexibility index (Phi) is 3.40. The van der Waals surface area contributed by atoms with Crippen molar-refractivity contribution >= 4 is 16.9 Å². The molecule has 0 aliphatic rings. The van der Waals surface area contributed by atoms with Gasteiger partial charge < -0.3 is 10.1 Å². The summed E-state index contributed by atoms with van der Waals surface area (Å²) in [7, 11) is 0. The lowest BCUT2D eigenvalue weighted by atomic mass is 9.85. The Bertz CT molecular complexity index is 617. The van der Waals surface area contributed by atoms with Gasteiger partial charge >= 0.3 is 5.97 Å². The van der Waals surface area contributed by atoms with E-state index in [0.717, 1.165) is 29.3 Å². The zero-order valence-electron chi connectivity index (χ0n) is 12.0. The van der Waals surface area contributed by atoms with Gasteiger partial charge in [0.05, 0.1) is 11.1 Å². The van der Waals surface area contributed by atoms with Crippen LogP contribution in [0.5, 0.6) is 0 Å². The Hall–Kier alpha value is -1.77. The van der Waals surface area contributed by atoms with Gasteiger partial charge in [-0.15, -0.1) is 0 Å². The highest BCUT2D eigenvalue weighted by molar-refractivity contribution is 6.03. The number of aryl methyl sites for hydroxylation is 1. The SMILES string of the molecule is CCCc1c[nH]c2c(C(=O)O)cc(C(C)(C)C)cc12. The highest BCUT2D eigenvalue weighted by Crippen LogP contribution is 2.31. The van der Waals surface area contributed by atoms with Gasteiger partial charge in [-0.05, 0) is 35.1 Å². The first kappa shape index (κ1) is 13.7. The van der Waals surface area contributed by atoms with Gasteiger partial charge in [-0.25, -0.2) is 4.79 Å². The fourth-order valence-electron chi connectivity index (χ4n) is 2.37. The minimum Gasteiger partial charge on any atom is -0.478 e. The molecule has 1 aromatic heterocycles. The maximum absolute atomic E-state index is 11.4. The summed E-state index contributed by atoms with van der Waals surface area (Å²) >= 11 is 0. The lowest BCUT2D eigenvalue weighted by Gasteiger charge is -2.20. The molecular weight excluding hydrogens is 238 g/mol. The fourth-order valence-corrected chi connectivity index (χ4v) is 2.37. The second kappa shape index (κ2) is 4.72. The van der Waals surface area contributed by atoms with E-state index in [4.69, 9.17) is 0 Å². The predicted octanol–water partition coefficient (Wildman–Crippen LogP) is 4.12. The molecule has 0 unspecified atom stereocenters. The van der Waals surface area contributed by atoms with Crippen LogP contribution in [0.4, 0.5) is 0 Å². The summed E-state index contributed by atoms with van der Waals surface area (Å²) in [6.45, 7) is 8.44. The normalized spacial score (nSPS) is 12.0. The maximum Gasteiger partial charge on any atom is 0.337 e. The largest absolute Gasteiger partial charge is 0.478 e. The van der Waals surface area contributed by atoms with Gasteiger partial charge in [0.25, 0.3) is 0 Å². The number of aromatic nitrogens is 1. The summed E-state index contributed by atoms with van der Waals surface area (Å²) in [6.07, 6.45) is 3.95. The highest BCUT2D eigenvalue weighted by Gasteiger charge is 2.20. The van der Waals surface area contributed by atoms with E-state index in [2.05, 4.69) is 38.7 Å². The number of aromatic carboxylic acids is 1. The monoisotopic (exact) mass is 259 g/mol. The quantitative estimate of drug-likeness (QED) is 0.871. The molecule has 1 heterocycles. The zero-order valence-corrected chi connectivity index (χ0v) is 12.0. The van der Waals surface area contributed by atoms with Crippen LogP contribution in [0.1, 0.15) is 55.6 Å². The number of fused-ring (bicyclic) bond motifs is 1. The van der Waals surface area contributed by atoms with Crippen LogP contribution >= 0.6 is 0 Å². The van der Waals surface area contributed by atoms with E-state index in [0.29, 0.717) is 5.56 Å². The third kappa shape index (κ3) is 2.50. The summed E-state index contributed by atoms with van der Waals surface area (Å²) in [5.74, 6) is -0.874. The standard InChI is InChI=1S/C16H21NO2/c1-5-6-10-9-17-14-12(10)7-11(16(2,3)4)8-13(14)15(18)19/h7-9,17H,5-6H2,1-4H3,(H,18,19). The van der Waals surface area contributed by atoms with Gasteiger partial charge in [0.15, 0.2) is 0 Å². The molecule has 2 N–H and O–H groups in total. The van der Waals surface area contributed by atoms with Crippen molar-refractivity contribution in [3.8, 4) is 0 Å². The minimum atomic E-state index is -0.874. The van der Waals surface area contributed by atoms with Crippen LogP contribution in [0.2, 0.25) is 0 Å². The Balaban J connectivity index is 2.75. The highest BCUT2D eigenvalue weighted by atomic mass is 16.4. The van der Waals surface area contributed by atoms with E-state index in [1.165, 1.54) is 5.56 Å². The number of hydrogen-bond acceptors (Lipinski definition) is 1. The van der Waals surface area contributed by atoms with E-state index in [-0.39, 0.29) is 5.41 Å². The lowest BCUT2D eigenvalue weighted by molar-refractivity contribution is 0.0698. The van der Waals surface area contributed by atoms with Gasteiger partial charge in [0.1, 0.15) is 0 Å². The van der Waals surface area contributed by atoms with Crippen molar-refractivity contribution in [2.45, 2.75) is 46.0 Å². The van der Waals surface area contributed by atoms with E-state index in [1.807, 2.05) is 6.20 Å². The predicted molar refractivity (Wildman–Crippen MR) is 78.0 cm³/mol. The van der Waals surface area contributed by atoms with Crippen LogP contribution in [0.3, 0.4) is 0 Å². The molecule has 0 amide bonds. The molecule has 0 radical (unpaired) electrons. The zero-order chi connectivity index (χ0) is 14.2. The van der Waals surface area contributed by atoms with Crippen molar-refractivity contribution in [1.82, 2.24) is 4.98 Å². The van der Waals surface area contributed by atoms with E-state index < -0.39 is 5.97 Å². The molecule has 19 heavy (non-hydrogen) atoms. The molecule has 0 saturated carbocycles. The molecule has 0 saturated heterocycles. The van der Waals surface area contributed by atoms with E-state index in [1.54, 1.807) is 6.07 Å². The second-order valence-corrected chi connectivity index (χ2v) is 6.07. The van der Waals surface area contributed by atoms with Gasteiger partial charge in [0, 0.05) is 11.6 Å². The topological polar surface area (TPSA) is 53.1 Å². The van der Waals surface area contributed by atoms with Gasteiger partial charge in [-0.1, -0.05) is 34.1 Å². The maximum atomic E-state index is 11.4. The summed E-state index contributed by atoms with van der Waals surface area (Å²) in [5.41, 5.74) is 3.31. The molecule has 0 bridgehead atoms. The van der Waals surface area contributed by atoms with Gasteiger partial charge in [-0.2, -0.15) is 0 Å². The van der Waals surface area contributed by atoms with Crippen LogP contribution in [-0.4, -0.2) is 16.1 Å². The molecule has 2 aromatic rings. The third-order valence-electron chi connectivity index (χ3n) is 3.49. The van der Waals surface area contributed by atoms with E-state index in [9.17, 15) is 9.90 Å². The molecule has 1 aromatic carbocycles. The van der Waals surface area contributed by atoms with Crippen LogP contribution in [0, 0.1) is 0 Å². The number of carboxylic acid groups (broad SMARTS) is 1. The molecule has 0 spiro atoms. The molecule has 0 aliphatic heterocycles. The van der Waals surface area contributed by atoms with Crippen molar-refractivity contribution < 1.29 is 9.90 Å². The number of nitrogens with one attached hydrogen (secondary N) is 1. The fraction of sp³-hybridized carbons (Fsp3) is 0.438. The second-order valence-electron chi connectivity index (χ2n) is 6.07. The molecule has 102 valence electrons. The first-order chi connectivity index (χ1) is 8.84. The first-order valence-corrected chi connectivity index (χ1v) is 6.72. The van der Waals surface area contributed by atoms with Gasteiger partial charge in [-0.3, -0.25) is 0 Å². The molecule has 3 nitrogen and oxygen atoms in total. The lowest BCUT2D eigenvalue weighted by Crippen LogP contribution is -2.12. The van der Waals surface area contributed by atoms with Crippen molar-refractivity contribution in [2.75, 3.05) is 0 Å². The summed E-state index contributed by atoms with van der Waals surface area (Å²) in [4.78, 5) is 14.6. The Labute approximate surface area is 113 Å². The molecular formula is C16H21NO2. The average Bonchev–Trinajstić information content (AvgIpc) is 2.70. The Morgan fingerprint density at radius 2 is 2.00 bits per heavy atom. The molecule has 0 aliphatic carbocycles. The van der Waals surface area contributed by atoms with Gasteiger partial charge in [0.2, 0.25) is 0 Å². The Morgan fingerprint density at radius 3 is 2.53 bits per heavy atom. The van der Waals surface area contributed by atoms with Crippen LogP contribution in [0.15, 0.2) is 18.3 Å². The molecule has 3 heteroatoms. The molecule has 2 rings (SSSR count). The number of carboxylic acids is 1. The average molecular weight is 259 g/mol. The van der Waals surface area contributed by atoms with Crippen LogP contribution in [0.25, 0.3) is 10.9 Å². The molecule has 0 fully saturated rings. The molecule has 0 atom stereocenters. The van der Waals surface area contributed by atoms with Crippen LogP contribution in [-0.2, 0) is 11.8 Å².